The molecule has 1 aromatic carbocycles. The molecule has 1 heterocycles. The van der Waals surface area contributed by atoms with Crippen LogP contribution in [0.4, 0.5) is 5.69 Å². The van der Waals surface area contributed by atoms with Crippen LogP contribution < -0.4 is 5.73 Å². The van der Waals surface area contributed by atoms with E-state index in [1.165, 1.54) is 0 Å². The minimum absolute atomic E-state index is 0.133. The molecular formula is C12H15NO3. The molecule has 1 aromatic rings. The minimum atomic E-state index is -0.355. The molecule has 1 aliphatic rings. The van der Waals surface area contributed by atoms with Gasteiger partial charge in [0.15, 0.2) is 0 Å². The third-order valence-electron chi connectivity index (χ3n) is 2.67. The molecule has 1 atom stereocenters. The van der Waals surface area contributed by atoms with Gasteiger partial charge in [-0.3, -0.25) is 0 Å². The number of anilines is 1. The maximum atomic E-state index is 11.9. The highest BCUT2D eigenvalue weighted by atomic mass is 16.6. The number of hydrogen-bond donors (Lipinski definition) is 1. The zero-order chi connectivity index (χ0) is 11.5. The van der Waals surface area contributed by atoms with E-state index in [0.717, 1.165) is 12.0 Å². The van der Waals surface area contributed by atoms with E-state index in [9.17, 15) is 4.79 Å². The van der Waals surface area contributed by atoms with E-state index in [1.54, 1.807) is 6.07 Å². The molecule has 1 saturated heterocycles. The fraction of sp³-hybridized carbons (Fsp3) is 0.417. The summed E-state index contributed by atoms with van der Waals surface area (Å²) < 4.78 is 10.5. The van der Waals surface area contributed by atoms with Gasteiger partial charge in [0.25, 0.3) is 0 Å². The lowest BCUT2D eigenvalue weighted by Crippen LogP contribution is -2.19. The second-order valence-electron chi connectivity index (χ2n) is 3.93. The first-order valence-electron chi connectivity index (χ1n) is 5.32. The zero-order valence-electron chi connectivity index (χ0n) is 9.23. The van der Waals surface area contributed by atoms with Crippen LogP contribution in [0.15, 0.2) is 18.2 Å². The molecule has 1 aliphatic heterocycles. The van der Waals surface area contributed by atoms with Crippen molar-refractivity contribution in [3.05, 3.63) is 29.3 Å². The van der Waals surface area contributed by atoms with Gasteiger partial charge in [0.05, 0.1) is 18.8 Å². The highest BCUT2D eigenvalue weighted by Gasteiger charge is 2.22. The lowest BCUT2D eigenvalue weighted by Gasteiger charge is -2.12. The SMILES string of the molecule is Cc1cccc(N)c1C(=O)OC1CCOC1. The van der Waals surface area contributed by atoms with Gasteiger partial charge in [-0.15, -0.1) is 0 Å². The molecule has 0 amide bonds. The van der Waals surface area contributed by atoms with Crippen LogP contribution in [0.25, 0.3) is 0 Å². The number of aryl methyl sites for hydroxylation is 1. The number of ether oxygens (including phenoxy) is 2. The van der Waals surface area contributed by atoms with Crippen molar-refractivity contribution in [2.24, 2.45) is 0 Å². The maximum Gasteiger partial charge on any atom is 0.340 e. The fourth-order valence-corrected chi connectivity index (χ4v) is 1.79. The monoisotopic (exact) mass is 221 g/mol. The quantitative estimate of drug-likeness (QED) is 0.607. The van der Waals surface area contributed by atoms with Crippen molar-refractivity contribution in [3.63, 3.8) is 0 Å². The van der Waals surface area contributed by atoms with Gasteiger partial charge >= 0.3 is 5.97 Å². The van der Waals surface area contributed by atoms with Gasteiger partial charge < -0.3 is 15.2 Å². The lowest BCUT2D eigenvalue weighted by atomic mass is 10.1. The van der Waals surface area contributed by atoms with Gasteiger partial charge in [-0.1, -0.05) is 12.1 Å². The first-order valence-corrected chi connectivity index (χ1v) is 5.32. The molecule has 1 unspecified atom stereocenters. The number of nitrogen functional groups attached to an aromatic ring is 1. The van der Waals surface area contributed by atoms with Gasteiger partial charge in [0, 0.05) is 12.1 Å². The molecule has 0 aromatic heterocycles. The average Bonchev–Trinajstić information content (AvgIpc) is 2.70. The van der Waals surface area contributed by atoms with Crippen LogP contribution in [0.5, 0.6) is 0 Å². The van der Waals surface area contributed by atoms with Gasteiger partial charge in [-0.2, -0.15) is 0 Å². The van der Waals surface area contributed by atoms with Crippen LogP contribution in [-0.2, 0) is 9.47 Å². The molecule has 16 heavy (non-hydrogen) atoms. The van der Waals surface area contributed by atoms with Crippen LogP contribution >= 0.6 is 0 Å². The molecule has 2 rings (SSSR count). The van der Waals surface area contributed by atoms with Crippen LogP contribution in [0.3, 0.4) is 0 Å². The molecule has 1 fully saturated rings. The first-order chi connectivity index (χ1) is 7.68. The Labute approximate surface area is 94.3 Å². The van der Waals surface area contributed by atoms with Crippen LogP contribution in [0.2, 0.25) is 0 Å². The number of carbonyl (C=O) groups is 1. The van der Waals surface area contributed by atoms with Crippen molar-refractivity contribution in [2.75, 3.05) is 18.9 Å². The predicted molar refractivity (Wildman–Crippen MR) is 60.2 cm³/mol. The van der Waals surface area contributed by atoms with Crippen molar-refractivity contribution in [1.29, 1.82) is 0 Å². The predicted octanol–water partition coefficient (Wildman–Crippen LogP) is 1.52. The fourth-order valence-electron chi connectivity index (χ4n) is 1.79. The lowest BCUT2D eigenvalue weighted by molar-refractivity contribution is 0.0271. The number of hydrogen-bond acceptors (Lipinski definition) is 4. The summed E-state index contributed by atoms with van der Waals surface area (Å²) in [6.45, 7) is 2.98. The Hall–Kier alpha value is -1.55. The van der Waals surface area contributed by atoms with Crippen LogP contribution in [0, 0.1) is 6.92 Å². The van der Waals surface area contributed by atoms with Gasteiger partial charge in [0.1, 0.15) is 6.10 Å². The topological polar surface area (TPSA) is 61.6 Å². The Morgan fingerprint density at radius 1 is 1.56 bits per heavy atom. The minimum Gasteiger partial charge on any atom is -0.456 e. The molecule has 2 N–H and O–H groups in total. The third kappa shape index (κ3) is 2.17. The molecule has 0 saturated carbocycles. The van der Waals surface area contributed by atoms with Crippen molar-refractivity contribution in [2.45, 2.75) is 19.4 Å². The molecule has 4 nitrogen and oxygen atoms in total. The average molecular weight is 221 g/mol. The molecular weight excluding hydrogens is 206 g/mol. The van der Waals surface area contributed by atoms with E-state index in [0.29, 0.717) is 24.5 Å². The smallest absolute Gasteiger partial charge is 0.340 e. The van der Waals surface area contributed by atoms with Gasteiger partial charge in [-0.25, -0.2) is 4.79 Å². The summed E-state index contributed by atoms with van der Waals surface area (Å²) in [5.41, 5.74) is 7.53. The van der Waals surface area contributed by atoms with Crippen molar-refractivity contribution in [3.8, 4) is 0 Å². The highest BCUT2D eigenvalue weighted by molar-refractivity contribution is 5.96. The van der Waals surface area contributed by atoms with Crippen LogP contribution in [-0.4, -0.2) is 25.3 Å². The summed E-state index contributed by atoms with van der Waals surface area (Å²) in [5.74, 6) is -0.355. The second-order valence-corrected chi connectivity index (χ2v) is 3.93. The van der Waals surface area contributed by atoms with Gasteiger partial charge in [0.2, 0.25) is 0 Å². The summed E-state index contributed by atoms with van der Waals surface area (Å²) >= 11 is 0. The standard InChI is InChI=1S/C12H15NO3/c1-8-3-2-4-10(13)11(8)12(14)16-9-5-6-15-7-9/h2-4,9H,5-7,13H2,1H3. The Bertz CT molecular complexity index is 377. The summed E-state index contributed by atoms with van der Waals surface area (Å²) in [5, 5.41) is 0. The number of carbonyl (C=O) groups excluding carboxylic acids is 1. The van der Waals surface area contributed by atoms with E-state index in [2.05, 4.69) is 0 Å². The van der Waals surface area contributed by atoms with E-state index < -0.39 is 0 Å². The molecule has 0 bridgehead atoms. The van der Waals surface area contributed by atoms with E-state index >= 15 is 0 Å². The summed E-state index contributed by atoms with van der Waals surface area (Å²) in [4.78, 5) is 11.9. The Balaban J connectivity index is 2.13. The van der Waals surface area contributed by atoms with Crippen molar-refractivity contribution < 1.29 is 14.3 Å². The Morgan fingerprint density at radius 3 is 3.00 bits per heavy atom. The van der Waals surface area contributed by atoms with E-state index in [4.69, 9.17) is 15.2 Å². The molecule has 4 heteroatoms. The van der Waals surface area contributed by atoms with Crippen molar-refractivity contribution in [1.82, 2.24) is 0 Å². The normalized spacial score (nSPS) is 19.7. The first kappa shape index (κ1) is 11.0. The molecule has 0 aliphatic carbocycles. The summed E-state index contributed by atoms with van der Waals surface area (Å²) in [6.07, 6.45) is 0.629. The second kappa shape index (κ2) is 4.53. The number of esters is 1. The maximum absolute atomic E-state index is 11.9. The highest BCUT2D eigenvalue weighted by Crippen LogP contribution is 2.19. The number of rotatable bonds is 2. The zero-order valence-corrected chi connectivity index (χ0v) is 9.23. The summed E-state index contributed by atoms with van der Waals surface area (Å²) in [7, 11) is 0. The molecule has 86 valence electrons. The van der Waals surface area contributed by atoms with Crippen molar-refractivity contribution >= 4 is 11.7 Å². The Kier molecular flexibility index (Phi) is 3.10. The largest absolute Gasteiger partial charge is 0.456 e. The third-order valence-corrected chi connectivity index (χ3v) is 2.67. The van der Waals surface area contributed by atoms with E-state index in [1.807, 2.05) is 19.1 Å². The molecule has 0 spiro atoms. The molecule has 0 radical (unpaired) electrons. The van der Waals surface area contributed by atoms with Gasteiger partial charge in [-0.05, 0) is 18.6 Å². The number of nitrogens with two attached hydrogens (primary N) is 1. The van der Waals surface area contributed by atoms with E-state index in [-0.39, 0.29) is 12.1 Å². The van der Waals surface area contributed by atoms with Crippen LogP contribution in [0.1, 0.15) is 22.3 Å². The summed E-state index contributed by atoms with van der Waals surface area (Å²) in [6, 6.07) is 5.37. The Morgan fingerprint density at radius 2 is 2.38 bits per heavy atom. The number of benzene rings is 1.